The first-order valence-electron chi connectivity index (χ1n) is 7.73. The number of anilines is 1. The molecule has 1 aliphatic heterocycles. The molecular formula is C16H23Cl2N3O2. The SMILES string of the molecule is Cc1cc(Cl)nc(Cl)c1NC1CCCN(C(=O)OC(C)(C)C)C1. The quantitative estimate of drug-likeness (QED) is 0.789. The number of hydrogen-bond donors (Lipinski definition) is 1. The number of ether oxygens (including phenoxy) is 1. The molecule has 0 aromatic carbocycles. The van der Waals surface area contributed by atoms with Gasteiger partial charge in [-0.1, -0.05) is 23.2 Å². The van der Waals surface area contributed by atoms with Crippen molar-refractivity contribution in [3.63, 3.8) is 0 Å². The maximum atomic E-state index is 12.2. The van der Waals surface area contributed by atoms with Crippen LogP contribution in [-0.4, -0.2) is 40.7 Å². The average Bonchev–Trinajstić information content (AvgIpc) is 2.41. The van der Waals surface area contributed by atoms with Crippen molar-refractivity contribution in [1.29, 1.82) is 0 Å². The first kappa shape index (κ1) is 18.1. The van der Waals surface area contributed by atoms with Crippen LogP contribution in [0, 0.1) is 6.92 Å². The highest BCUT2D eigenvalue weighted by molar-refractivity contribution is 6.34. The molecule has 1 aromatic heterocycles. The van der Waals surface area contributed by atoms with Crippen LogP contribution in [0.3, 0.4) is 0 Å². The zero-order valence-corrected chi connectivity index (χ0v) is 15.5. The molecule has 1 N–H and O–H groups in total. The number of rotatable bonds is 2. The Hall–Kier alpha value is -1.20. The third-order valence-corrected chi connectivity index (χ3v) is 4.03. The molecule has 128 valence electrons. The second-order valence-electron chi connectivity index (χ2n) is 6.84. The van der Waals surface area contributed by atoms with Gasteiger partial charge in [0.15, 0.2) is 5.15 Å². The van der Waals surface area contributed by atoms with Crippen LogP contribution in [0.25, 0.3) is 0 Å². The highest BCUT2D eigenvalue weighted by Crippen LogP contribution is 2.28. The predicted octanol–water partition coefficient (Wildman–Crippen LogP) is 4.51. The van der Waals surface area contributed by atoms with E-state index in [1.807, 2.05) is 27.7 Å². The van der Waals surface area contributed by atoms with E-state index in [0.29, 0.717) is 23.4 Å². The molecule has 0 saturated carbocycles. The summed E-state index contributed by atoms with van der Waals surface area (Å²) >= 11 is 12.1. The van der Waals surface area contributed by atoms with Crippen molar-refractivity contribution < 1.29 is 9.53 Å². The number of pyridine rings is 1. The number of likely N-dealkylation sites (tertiary alicyclic amines) is 1. The second kappa shape index (κ2) is 7.14. The minimum Gasteiger partial charge on any atom is -0.444 e. The fraction of sp³-hybridized carbons (Fsp3) is 0.625. The molecular weight excluding hydrogens is 337 g/mol. The fourth-order valence-corrected chi connectivity index (χ4v) is 3.15. The first-order chi connectivity index (χ1) is 10.7. The number of hydrogen-bond acceptors (Lipinski definition) is 4. The van der Waals surface area contributed by atoms with Crippen LogP contribution in [0.2, 0.25) is 10.3 Å². The molecule has 0 aliphatic carbocycles. The molecule has 2 heterocycles. The Kier molecular flexibility index (Phi) is 5.63. The van der Waals surface area contributed by atoms with E-state index in [1.165, 1.54) is 0 Å². The van der Waals surface area contributed by atoms with Crippen LogP contribution in [0.4, 0.5) is 10.5 Å². The van der Waals surface area contributed by atoms with Crippen LogP contribution < -0.4 is 5.32 Å². The zero-order valence-electron chi connectivity index (χ0n) is 13.9. The number of aromatic nitrogens is 1. The van der Waals surface area contributed by atoms with Gasteiger partial charge in [0.1, 0.15) is 10.8 Å². The Morgan fingerprint density at radius 3 is 2.74 bits per heavy atom. The molecule has 1 fully saturated rings. The summed E-state index contributed by atoms with van der Waals surface area (Å²) in [6.07, 6.45) is 1.59. The Balaban J connectivity index is 2.03. The highest BCUT2D eigenvalue weighted by Gasteiger charge is 2.28. The molecule has 1 unspecified atom stereocenters. The summed E-state index contributed by atoms with van der Waals surface area (Å²) in [4.78, 5) is 18.0. The number of carbonyl (C=O) groups excluding carboxylic acids is 1. The summed E-state index contributed by atoms with van der Waals surface area (Å²) in [6.45, 7) is 8.81. The van der Waals surface area contributed by atoms with E-state index in [4.69, 9.17) is 27.9 Å². The van der Waals surface area contributed by atoms with Crippen molar-refractivity contribution >= 4 is 35.0 Å². The molecule has 7 heteroatoms. The molecule has 2 rings (SSSR count). The van der Waals surface area contributed by atoms with E-state index in [2.05, 4.69) is 10.3 Å². The van der Waals surface area contributed by atoms with Gasteiger partial charge in [0.25, 0.3) is 0 Å². The van der Waals surface area contributed by atoms with Gasteiger partial charge >= 0.3 is 6.09 Å². The summed E-state index contributed by atoms with van der Waals surface area (Å²) in [7, 11) is 0. The van der Waals surface area contributed by atoms with Crippen LogP contribution in [0.5, 0.6) is 0 Å². The van der Waals surface area contributed by atoms with Gasteiger partial charge in [0, 0.05) is 19.1 Å². The van der Waals surface area contributed by atoms with Crippen LogP contribution in [0.15, 0.2) is 6.07 Å². The van der Waals surface area contributed by atoms with E-state index >= 15 is 0 Å². The predicted molar refractivity (Wildman–Crippen MR) is 93.4 cm³/mol. The smallest absolute Gasteiger partial charge is 0.410 e. The highest BCUT2D eigenvalue weighted by atomic mass is 35.5. The molecule has 0 radical (unpaired) electrons. The minimum atomic E-state index is -0.489. The van der Waals surface area contributed by atoms with Crippen molar-refractivity contribution in [2.75, 3.05) is 18.4 Å². The van der Waals surface area contributed by atoms with Gasteiger partial charge in [-0.2, -0.15) is 0 Å². The summed E-state index contributed by atoms with van der Waals surface area (Å²) in [6, 6.07) is 1.87. The van der Waals surface area contributed by atoms with Gasteiger partial charge in [-0.25, -0.2) is 9.78 Å². The number of halogens is 2. The van der Waals surface area contributed by atoms with Crippen molar-refractivity contribution in [1.82, 2.24) is 9.88 Å². The lowest BCUT2D eigenvalue weighted by molar-refractivity contribution is 0.0206. The van der Waals surface area contributed by atoms with Gasteiger partial charge in [0.2, 0.25) is 0 Å². The summed E-state index contributed by atoms with van der Waals surface area (Å²) in [5.41, 5.74) is 1.22. The zero-order chi connectivity index (χ0) is 17.2. The van der Waals surface area contributed by atoms with E-state index in [9.17, 15) is 4.79 Å². The first-order valence-corrected chi connectivity index (χ1v) is 8.48. The molecule has 0 bridgehead atoms. The molecule has 23 heavy (non-hydrogen) atoms. The molecule has 1 aliphatic rings. The van der Waals surface area contributed by atoms with Crippen molar-refractivity contribution in [3.8, 4) is 0 Å². The number of nitrogens with zero attached hydrogens (tertiary/aromatic N) is 2. The Bertz CT molecular complexity index is 564. The lowest BCUT2D eigenvalue weighted by Gasteiger charge is -2.35. The standard InChI is InChI=1S/C16H23Cl2N3O2/c1-10-8-12(17)20-14(18)13(10)19-11-6-5-7-21(9-11)15(22)23-16(2,3)4/h8,11,19H,5-7,9H2,1-4H3. The molecule has 1 aromatic rings. The number of nitrogens with one attached hydrogen (secondary N) is 1. The van der Waals surface area contributed by atoms with Crippen molar-refractivity contribution in [3.05, 3.63) is 21.9 Å². The maximum absolute atomic E-state index is 12.2. The van der Waals surface area contributed by atoms with E-state index < -0.39 is 5.60 Å². The normalized spacial score (nSPS) is 18.7. The molecule has 5 nitrogen and oxygen atoms in total. The minimum absolute atomic E-state index is 0.107. The van der Waals surface area contributed by atoms with Gasteiger partial charge in [-0.05, 0) is 52.2 Å². The van der Waals surface area contributed by atoms with Gasteiger partial charge in [-0.3, -0.25) is 0 Å². The van der Waals surface area contributed by atoms with Crippen LogP contribution in [0.1, 0.15) is 39.2 Å². The summed E-state index contributed by atoms with van der Waals surface area (Å²) in [5, 5.41) is 4.11. The number of piperidine rings is 1. The topological polar surface area (TPSA) is 54.5 Å². The fourth-order valence-electron chi connectivity index (χ4n) is 2.56. The van der Waals surface area contributed by atoms with E-state index in [1.54, 1.807) is 11.0 Å². The summed E-state index contributed by atoms with van der Waals surface area (Å²) in [5.74, 6) is 0. The van der Waals surface area contributed by atoms with Gasteiger partial charge in [-0.15, -0.1) is 0 Å². The van der Waals surface area contributed by atoms with Gasteiger partial charge in [0.05, 0.1) is 5.69 Å². The lowest BCUT2D eigenvalue weighted by atomic mass is 10.1. The third kappa shape index (κ3) is 5.15. The molecule has 1 amide bonds. The average molecular weight is 360 g/mol. The van der Waals surface area contributed by atoms with Gasteiger partial charge < -0.3 is 15.0 Å². The third-order valence-electron chi connectivity index (χ3n) is 3.56. The maximum Gasteiger partial charge on any atom is 0.410 e. The molecule has 0 spiro atoms. The van der Waals surface area contributed by atoms with Crippen molar-refractivity contribution in [2.45, 2.75) is 52.2 Å². The lowest BCUT2D eigenvalue weighted by Crippen LogP contribution is -2.47. The Morgan fingerprint density at radius 2 is 2.13 bits per heavy atom. The second-order valence-corrected chi connectivity index (χ2v) is 7.58. The number of amides is 1. The van der Waals surface area contributed by atoms with Crippen LogP contribution in [-0.2, 0) is 4.74 Å². The Morgan fingerprint density at radius 1 is 1.43 bits per heavy atom. The molecule has 1 saturated heterocycles. The Labute approximate surface area is 147 Å². The molecule has 1 atom stereocenters. The largest absolute Gasteiger partial charge is 0.444 e. The summed E-state index contributed by atoms with van der Waals surface area (Å²) < 4.78 is 5.44. The van der Waals surface area contributed by atoms with E-state index in [-0.39, 0.29) is 12.1 Å². The monoisotopic (exact) mass is 359 g/mol. The van der Waals surface area contributed by atoms with Crippen molar-refractivity contribution in [2.24, 2.45) is 0 Å². The van der Waals surface area contributed by atoms with E-state index in [0.717, 1.165) is 24.1 Å². The number of carbonyl (C=O) groups is 1. The van der Waals surface area contributed by atoms with Crippen LogP contribution >= 0.6 is 23.2 Å². The number of aryl methyl sites for hydroxylation is 1.